The summed E-state index contributed by atoms with van der Waals surface area (Å²) in [5.74, 6) is -0.613. The monoisotopic (exact) mass is 375 g/mol. The Morgan fingerprint density at radius 1 is 1.27 bits per heavy atom. The van der Waals surface area contributed by atoms with Gasteiger partial charge in [-0.1, -0.05) is 23.7 Å². The average molecular weight is 376 g/mol. The van der Waals surface area contributed by atoms with Crippen LogP contribution >= 0.6 is 11.6 Å². The van der Waals surface area contributed by atoms with Crippen molar-refractivity contribution in [2.75, 3.05) is 13.1 Å². The number of carbonyl (C=O) groups excluding carboxylic acids is 3. The van der Waals surface area contributed by atoms with Crippen LogP contribution in [0.1, 0.15) is 18.2 Å². The van der Waals surface area contributed by atoms with Crippen LogP contribution in [0.15, 0.2) is 47.1 Å². The molecule has 26 heavy (non-hydrogen) atoms. The molecule has 4 amide bonds. The molecule has 0 aliphatic carbocycles. The molecule has 1 fully saturated rings. The lowest BCUT2D eigenvalue weighted by molar-refractivity contribution is -0.135. The smallest absolute Gasteiger partial charge is 0.325 e. The van der Waals surface area contributed by atoms with Crippen LogP contribution in [-0.2, 0) is 21.5 Å². The van der Waals surface area contributed by atoms with Crippen molar-refractivity contribution in [2.45, 2.75) is 18.9 Å². The maximum atomic E-state index is 12.6. The lowest BCUT2D eigenvalue weighted by atomic mass is 9.99. The van der Waals surface area contributed by atoms with E-state index in [1.807, 2.05) is 12.1 Å². The SMILES string of the molecule is CC1(c2ccco2)NC(=O)N(CC(=O)NCCc2ccc(Cl)cc2)C1=O. The molecule has 0 saturated carbocycles. The number of hydrogen-bond acceptors (Lipinski definition) is 4. The van der Waals surface area contributed by atoms with E-state index >= 15 is 0 Å². The Hall–Kier alpha value is -2.80. The molecule has 2 aromatic rings. The van der Waals surface area contributed by atoms with E-state index in [0.717, 1.165) is 10.5 Å². The van der Waals surface area contributed by atoms with Gasteiger partial charge in [0.15, 0.2) is 5.54 Å². The van der Waals surface area contributed by atoms with E-state index in [1.165, 1.54) is 6.26 Å². The molecule has 1 saturated heterocycles. The Morgan fingerprint density at radius 2 is 2.00 bits per heavy atom. The zero-order chi connectivity index (χ0) is 18.7. The Kier molecular flexibility index (Phi) is 4.99. The van der Waals surface area contributed by atoms with Crippen molar-refractivity contribution in [1.29, 1.82) is 0 Å². The van der Waals surface area contributed by atoms with E-state index in [0.29, 0.717) is 23.7 Å². The minimum atomic E-state index is -1.30. The third-order valence-corrected chi connectivity index (χ3v) is 4.49. The maximum Gasteiger partial charge on any atom is 0.325 e. The van der Waals surface area contributed by atoms with Gasteiger partial charge in [0.25, 0.3) is 5.91 Å². The molecule has 1 aliphatic rings. The third kappa shape index (κ3) is 3.57. The largest absolute Gasteiger partial charge is 0.466 e. The summed E-state index contributed by atoms with van der Waals surface area (Å²) in [7, 11) is 0. The first-order chi connectivity index (χ1) is 12.4. The zero-order valence-electron chi connectivity index (χ0n) is 14.1. The van der Waals surface area contributed by atoms with Crippen molar-refractivity contribution in [3.8, 4) is 0 Å². The Morgan fingerprint density at radius 3 is 2.65 bits per heavy atom. The number of carbonyl (C=O) groups is 3. The predicted molar refractivity (Wildman–Crippen MR) is 94.5 cm³/mol. The number of nitrogens with one attached hydrogen (secondary N) is 2. The van der Waals surface area contributed by atoms with Gasteiger partial charge in [-0.25, -0.2) is 4.79 Å². The van der Waals surface area contributed by atoms with Gasteiger partial charge in [-0.05, 0) is 43.2 Å². The highest BCUT2D eigenvalue weighted by atomic mass is 35.5. The molecule has 0 radical (unpaired) electrons. The van der Waals surface area contributed by atoms with Gasteiger partial charge in [-0.3, -0.25) is 14.5 Å². The number of hydrogen-bond donors (Lipinski definition) is 2. The van der Waals surface area contributed by atoms with Crippen molar-refractivity contribution in [3.63, 3.8) is 0 Å². The highest BCUT2D eigenvalue weighted by molar-refractivity contribution is 6.30. The number of nitrogens with zero attached hydrogens (tertiary/aromatic N) is 1. The fraction of sp³-hybridized carbons (Fsp3) is 0.278. The minimum Gasteiger partial charge on any atom is -0.466 e. The van der Waals surface area contributed by atoms with Crippen molar-refractivity contribution in [2.24, 2.45) is 0 Å². The normalized spacial score (nSPS) is 19.5. The molecule has 2 heterocycles. The first-order valence-corrected chi connectivity index (χ1v) is 8.47. The van der Waals surface area contributed by atoms with Crippen LogP contribution in [0.4, 0.5) is 4.79 Å². The molecule has 136 valence electrons. The van der Waals surface area contributed by atoms with Gasteiger partial charge in [0.1, 0.15) is 12.3 Å². The van der Waals surface area contributed by atoms with E-state index in [-0.39, 0.29) is 6.54 Å². The van der Waals surface area contributed by atoms with Crippen LogP contribution < -0.4 is 10.6 Å². The van der Waals surface area contributed by atoms with E-state index < -0.39 is 23.4 Å². The summed E-state index contributed by atoms with van der Waals surface area (Å²) < 4.78 is 5.24. The van der Waals surface area contributed by atoms with Crippen molar-refractivity contribution < 1.29 is 18.8 Å². The van der Waals surface area contributed by atoms with Gasteiger partial charge in [0.05, 0.1) is 6.26 Å². The summed E-state index contributed by atoms with van der Waals surface area (Å²) in [6, 6.07) is 9.92. The fourth-order valence-corrected chi connectivity index (χ4v) is 2.89. The van der Waals surface area contributed by atoms with Crippen LogP contribution in [0.25, 0.3) is 0 Å². The Labute approximate surface area is 155 Å². The van der Waals surface area contributed by atoms with Gasteiger partial charge in [-0.15, -0.1) is 0 Å². The van der Waals surface area contributed by atoms with Crippen molar-refractivity contribution in [3.05, 3.63) is 59.0 Å². The molecule has 7 nitrogen and oxygen atoms in total. The second-order valence-electron chi connectivity index (χ2n) is 6.15. The summed E-state index contributed by atoms with van der Waals surface area (Å²) in [4.78, 5) is 37.7. The lowest BCUT2D eigenvalue weighted by Crippen LogP contribution is -2.43. The van der Waals surface area contributed by atoms with Crippen LogP contribution in [0, 0.1) is 0 Å². The quantitative estimate of drug-likeness (QED) is 0.756. The van der Waals surface area contributed by atoms with E-state index in [4.69, 9.17) is 16.0 Å². The van der Waals surface area contributed by atoms with Gasteiger partial charge in [-0.2, -0.15) is 0 Å². The number of furan rings is 1. The van der Waals surface area contributed by atoms with Gasteiger partial charge in [0.2, 0.25) is 5.91 Å². The van der Waals surface area contributed by atoms with Gasteiger partial charge < -0.3 is 15.1 Å². The van der Waals surface area contributed by atoms with E-state index in [2.05, 4.69) is 10.6 Å². The second kappa shape index (κ2) is 7.21. The third-order valence-electron chi connectivity index (χ3n) is 4.24. The summed E-state index contributed by atoms with van der Waals surface area (Å²) in [6.45, 7) is 1.59. The molecule has 1 aliphatic heterocycles. The number of halogens is 1. The van der Waals surface area contributed by atoms with Crippen LogP contribution in [0.3, 0.4) is 0 Å². The van der Waals surface area contributed by atoms with Crippen LogP contribution in [0.5, 0.6) is 0 Å². The number of rotatable bonds is 6. The van der Waals surface area contributed by atoms with Crippen molar-refractivity contribution >= 4 is 29.4 Å². The zero-order valence-corrected chi connectivity index (χ0v) is 14.9. The lowest BCUT2D eigenvalue weighted by Gasteiger charge is -2.18. The van der Waals surface area contributed by atoms with Crippen LogP contribution in [0.2, 0.25) is 5.02 Å². The highest BCUT2D eigenvalue weighted by Crippen LogP contribution is 2.28. The summed E-state index contributed by atoms with van der Waals surface area (Å²) in [5, 5.41) is 5.93. The van der Waals surface area contributed by atoms with E-state index in [1.54, 1.807) is 31.2 Å². The molecule has 1 atom stereocenters. The van der Waals surface area contributed by atoms with E-state index in [9.17, 15) is 14.4 Å². The molecule has 3 rings (SSSR count). The Bertz CT molecular complexity index is 819. The summed E-state index contributed by atoms with van der Waals surface area (Å²) in [5.41, 5.74) is -0.278. The minimum absolute atomic E-state index is 0.321. The number of urea groups is 1. The summed E-state index contributed by atoms with van der Waals surface area (Å²) in [6.07, 6.45) is 2.04. The molecule has 1 unspecified atom stereocenters. The highest BCUT2D eigenvalue weighted by Gasteiger charge is 2.51. The molecule has 0 spiro atoms. The number of imide groups is 1. The molecule has 2 N–H and O–H groups in total. The molecule has 1 aromatic heterocycles. The first-order valence-electron chi connectivity index (χ1n) is 8.09. The second-order valence-corrected chi connectivity index (χ2v) is 6.59. The van der Waals surface area contributed by atoms with Crippen molar-refractivity contribution in [1.82, 2.24) is 15.5 Å². The summed E-state index contributed by atoms with van der Waals surface area (Å²) >= 11 is 5.83. The fourth-order valence-electron chi connectivity index (χ4n) is 2.77. The predicted octanol–water partition coefficient (Wildman–Crippen LogP) is 2.06. The van der Waals surface area contributed by atoms with Crippen LogP contribution in [-0.4, -0.2) is 35.8 Å². The van der Waals surface area contributed by atoms with Gasteiger partial charge in [0, 0.05) is 11.6 Å². The molecule has 1 aromatic carbocycles. The average Bonchev–Trinajstić information content (AvgIpc) is 3.21. The Balaban J connectivity index is 1.55. The molecule has 0 bridgehead atoms. The maximum absolute atomic E-state index is 12.6. The first kappa shape index (κ1) is 18.0. The topological polar surface area (TPSA) is 91.7 Å². The van der Waals surface area contributed by atoms with Gasteiger partial charge >= 0.3 is 6.03 Å². The molecular weight excluding hydrogens is 358 g/mol. The number of benzene rings is 1. The number of amides is 4. The molecule has 8 heteroatoms. The standard InChI is InChI=1S/C18H18ClN3O4/c1-18(14-3-2-10-26-14)16(24)22(17(25)21-18)11-15(23)20-9-8-12-4-6-13(19)7-5-12/h2-7,10H,8-9,11H2,1H3,(H,20,23)(H,21,25). The molecular formula is C18H18ClN3O4.